The summed E-state index contributed by atoms with van der Waals surface area (Å²) in [6.07, 6.45) is 1.58. The largest absolute Gasteiger partial charge is 0.440 e. The number of Topliss-reactive ketones (excluding diaryl/α,β-unsaturated/α-hetero) is 1. The Bertz CT molecular complexity index is 479. The van der Waals surface area contributed by atoms with Crippen molar-refractivity contribution in [3.05, 3.63) is 47.9 Å². The molecular formula is C12H11NO2S. The molecule has 0 amide bonds. The summed E-state index contributed by atoms with van der Waals surface area (Å²) in [4.78, 5) is 15.9. The molecule has 2 aromatic rings. The number of rotatable bonds is 4. The van der Waals surface area contributed by atoms with Gasteiger partial charge in [-0.2, -0.15) is 0 Å². The van der Waals surface area contributed by atoms with Crippen molar-refractivity contribution in [1.82, 2.24) is 4.98 Å². The third kappa shape index (κ3) is 2.73. The number of thioether (sulfide) groups is 1. The average Bonchev–Trinajstić information content (AvgIpc) is 2.73. The fraction of sp³-hybridized carbons (Fsp3) is 0.167. The number of benzene rings is 1. The van der Waals surface area contributed by atoms with Crippen molar-refractivity contribution in [3.8, 4) is 0 Å². The summed E-state index contributed by atoms with van der Waals surface area (Å²) in [7, 11) is 0. The molecule has 3 nitrogen and oxygen atoms in total. The molecule has 0 radical (unpaired) electrons. The molecule has 0 aliphatic heterocycles. The standard InChI is InChI=1S/C12H11NO2S/c1-9-7-15-12(13-9)16-8-11(14)10-5-3-2-4-6-10/h2-7H,8H2,1H3. The van der Waals surface area contributed by atoms with Gasteiger partial charge in [-0.25, -0.2) is 4.98 Å². The van der Waals surface area contributed by atoms with Crippen molar-refractivity contribution in [2.75, 3.05) is 5.75 Å². The zero-order valence-electron chi connectivity index (χ0n) is 8.84. The van der Waals surface area contributed by atoms with E-state index in [4.69, 9.17) is 4.42 Å². The first kappa shape index (κ1) is 11.0. The third-order valence-electron chi connectivity index (χ3n) is 2.02. The van der Waals surface area contributed by atoms with Gasteiger partial charge in [-0.05, 0) is 6.92 Å². The number of nitrogens with zero attached hydrogens (tertiary/aromatic N) is 1. The van der Waals surface area contributed by atoms with Crippen LogP contribution in [-0.4, -0.2) is 16.5 Å². The third-order valence-corrected chi connectivity index (χ3v) is 2.86. The first-order chi connectivity index (χ1) is 7.75. The van der Waals surface area contributed by atoms with E-state index in [1.807, 2.05) is 37.3 Å². The van der Waals surface area contributed by atoms with Crippen LogP contribution in [0.3, 0.4) is 0 Å². The van der Waals surface area contributed by atoms with E-state index in [1.54, 1.807) is 6.26 Å². The molecule has 0 fully saturated rings. The van der Waals surface area contributed by atoms with Gasteiger partial charge in [0.1, 0.15) is 6.26 Å². The van der Waals surface area contributed by atoms with E-state index >= 15 is 0 Å². The number of carbonyl (C=O) groups is 1. The normalized spacial score (nSPS) is 10.3. The highest BCUT2D eigenvalue weighted by Gasteiger charge is 2.08. The molecule has 0 bridgehead atoms. The summed E-state index contributed by atoms with van der Waals surface area (Å²) in [5.41, 5.74) is 1.55. The second-order valence-corrected chi connectivity index (χ2v) is 4.26. The Balaban J connectivity index is 1.94. The molecule has 0 saturated heterocycles. The van der Waals surface area contributed by atoms with Crippen molar-refractivity contribution in [2.45, 2.75) is 12.1 Å². The molecule has 1 aromatic carbocycles. The van der Waals surface area contributed by atoms with Crippen molar-refractivity contribution < 1.29 is 9.21 Å². The molecule has 0 unspecified atom stereocenters. The minimum atomic E-state index is 0.0847. The predicted molar refractivity (Wildman–Crippen MR) is 62.7 cm³/mol. The number of hydrogen-bond donors (Lipinski definition) is 0. The van der Waals surface area contributed by atoms with Crippen molar-refractivity contribution in [2.24, 2.45) is 0 Å². The molecule has 0 N–H and O–H groups in total. The summed E-state index contributed by atoms with van der Waals surface area (Å²) in [5.74, 6) is 0.436. The number of aryl methyl sites for hydroxylation is 1. The van der Waals surface area contributed by atoms with E-state index in [2.05, 4.69) is 4.98 Å². The maximum absolute atomic E-state index is 11.7. The van der Waals surface area contributed by atoms with Crippen LogP contribution in [0, 0.1) is 6.92 Å². The Hall–Kier alpha value is -1.55. The van der Waals surface area contributed by atoms with Crippen LogP contribution in [0.1, 0.15) is 16.1 Å². The van der Waals surface area contributed by atoms with Crippen LogP contribution in [0.25, 0.3) is 0 Å². The quantitative estimate of drug-likeness (QED) is 0.601. The number of carbonyl (C=O) groups excluding carboxylic acids is 1. The summed E-state index contributed by atoms with van der Waals surface area (Å²) < 4.78 is 5.15. The van der Waals surface area contributed by atoms with Gasteiger partial charge in [0.15, 0.2) is 5.78 Å². The Morgan fingerprint density at radius 3 is 2.75 bits per heavy atom. The lowest BCUT2D eigenvalue weighted by molar-refractivity contribution is 0.102. The Morgan fingerprint density at radius 2 is 2.12 bits per heavy atom. The molecule has 1 aromatic heterocycles. The highest BCUT2D eigenvalue weighted by Crippen LogP contribution is 2.18. The van der Waals surface area contributed by atoms with Crippen LogP contribution >= 0.6 is 11.8 Å². The molecule has 82 valence electrons. The van der Waals surface area contributed by atoms with Gasteiger partial charge < -0.3 is 4.42 Å². The van der Waals surface area contributed by atoms with Gasteiger partial charge in [0.25, 0.3) is 5.22 Å². The van der Waals surface area contributed by atoms with Crippen LogP contribution in [0.4, 0.5) is 0 Å². The molecule has 1 heterocycles. The molecule has 0 aliphatic carbocycles. The molecule has 4 heteroatoms. The number of hydrogen-bond acceptors (Lipinski definition) is 4. The van der Waals surface area contributed by atoms with E-state index in [0.717, 1.165) is 11.3 Å². The van der Waals surface area contributed by atoms with E-state index in [0.29, 0.717) is 11.0 Å². The van der Waals surface area contributed by atoms with Gasteiger partial charge in [-0.3, -0.25) is 4.79 Å². The van der Waals surface area contributed by atoms with E-state index in [-0.39, 0.29) is 5.78 Å². The van der Waals surface area contributed by atoms with Gasteiger partial charge in [-0.15, -0.1) is 0 Å². The Kier molecular flexibility index (Phi) is 3.41. The zero-order chi connectivity index (χ0) is 11.4. The number of aromatic nitrogens is 1. The lowest BCUT2D eigenvalue weighted by Gasteiger charge is -1.97. The van der Waals surface area contributed by atoms with E-state index in [9.17, 15) is 4.79 Å². The second-order valence-electron chi connectivity index (χ2n) is 3.33. The summed E-state index contributed by atoms with van der Waals surface area (Å²) in [5, 5.41) is 0.543. The van der Waals surface area contributed by atoms with E-state index < -0.39 is 0 Å². The highest BCUT2D eigenvalue weighted by molar-refractivity contribution is 7.99. The predicted octanol–water partition coefficient (Wildman–Crippen LogP) is 2.96. The molecule has 0 saturated carbocycles. The minimum absolute atomic E-state index is 0.0847. The van der Waals surface area contributed by atoms with Gasteiger partial charge in [-0.1, -0.05) is 42.1 Å². The molecule has 0 atom stereocenters. The SMILES string of the molecule is Cc1coc(SCC(=O)c2ccccc2)n1. The van der Waals surface area contributed by atoms with Crippen LogP contribution in [0.2, 0.25) is 0 Å². The van der Waals surface area contributed by atoms with Gasteiger partial charge in [0.2, 0.25) is 0 Å². The zero-order valence-corrected chi connectivity index (χ0v) is 9.66. The first-order valence-electron chi connectivity index (χ1n) is 4.89. The topological polar surface area (TPSA) is 43.1 Å². The van der Waals surface area contributed by atoms with Crippen molar-refractivity contribution in [1.29, 1.82) is 0 Å². The monoisotopic (exact) mass is 233 g/mol. The van der Waals surface area contributed by atoms with Crippen LogP contribution < -0.4 is 0 Å². The summed E-state index contributed by atoms with van der Waals surface area (Å²) in [6, 6.07) is 9.22. The van der Waals surface area contributed by atoms with E-state index in [1.165, 1.54) is 11.8 Å². The fourth-order valence-electron chi connectivity index (χ4n) is 1.23. The maximum atomic E-state index is 11.7. The summed E-state index contributed by atoms with van der Waals surface area (Å²) in [6.45, 7) is 1.85. The van der Waals surface area contributed by atoms with Crippen LogP contribution in [0.5, 0.6) is 0 Å². The van der Waals surface area contributed by atoms with Crippen molar-refractivity contribution in [3.63, 3.8) is 0 Å². The average molecular weight is 233 g/mol. The lowest BCUT2D eigenvalue weighted by Crippen LogP contribution is -2.01. The highest BCUT2D eigenvalue weighted by atomic mass is 32.2. The van der Waals surface area contributed by atoms with Gasteiger partial charge in [0, 0.05) is 5.56 Å². The van der Waals surface area contributed by atoms with Crippen LogP contribution in [-0.2, 0) is 0 Å². The molecular weight excluding hydrogens is 222 g/mol. The number of ketones is 1. The molecule has 16 heavy (non-hydrogen) atoms. The maximum Gasteiger partial charge on any atom is 0.256 e. The van der Waals surface area contributed by atoms with Crippen LogP contribution in [0.15, 0.2) is 46.2 Å². The smallest absolute Gasteiger partial charge is 0.256 e. The fourth-order valence-corrected chi connectivity index (χ4v) is 1.98. The van der Waals surface area contributed by atoms with Gasteiger partial charge in [0.05, 0.1) is 11.4 Å². The Morgan fingerprint density at radius 1 is 1.38 bits per heavy atom. The molecule has 0 aliphatic rings. The first-order valence-corrected chi connectivity index (χ1v) is 5.87. The minimum Gasteiger partial charge on any atom is -0.440 e. The second kappa shape index (κ2) is 4.99. The summed E-state index contributed by atoms with van der Waals surface area (Å²) >= 11 is 1.32. The van der Waals surface area contributed by atoms with Gasteiger partial charge >= 0.3 is 0 Å². The number of oxazole rings is 1. The molecule has 2 rings (SSSR count). The Labute approximate surface area is 97.9 Å². The lowest BCUT2D eigenvalue weighted by atomic mass is 10.2. The van der Waals surface area contributed by atoms with Crippen molar-refractivity contribution >= 4 is 17.5 Å². The molecule has 0 spiro atoms.